The van der Waals surface area contributed by atoms with Crippen LogP contribution in [-0.4, -0.2) is 8.07 Å². The summed E-state index contributed by atoms with van der Waals surface area (Å²) in [6.45, 7) is 0. The monoisotopic (exact) mass is 368 g/mol. The van der Waals surface area contributed by atoms with Gasteiger partial charge in [0.1, 0.15) is 0 Å². The van der Waals surface area contributed by atoms with E-state index in [0.29, 0.717) is 0 Å². The smallest absolute Gasteiger partial charge is 0.0843 e. The molecule has 0 aromatic heterocycles. The van der Waals surface area contributed by atoms with Gasteiger partial charge in [-0.05, 0) is 44.0 Å². The molecule has 0 atom stereocenters. The van der Waals surface area contributed by atoms with Crippen LogP contribution in [0.5, 0.6) is 0 Å². The number of halogens is 1. The molecule has 5 rings (SSSR count). The van der Waals surface area contributed by atoms with Crippen molar-refractivity contribution in [1.82, 2.24) is 0 Å². The van der Waals surface area contributed by atoms with Crippen LogP contribution < -0.4 is 20.7 Å². The Labute approximate surface area is 159 Å². The molecule has 4 aromatic carbocycles. The standard InChI is InChI=1S/C24H17ClSi/c25-18-15-16-24-22(17-18)21-13-7-8-14-23(21)26(24,19-9-3-1-4-10-19)20-11-5-2-6-12-20/h1-17H. The predicted octanol–water partition coefficient (Wildman–Crippen LogP) is 3.70. The molecule has 1 aliphatic heterocycles. The lowest BCUT2D eigenvalue weighted by molar-refractivity contribution is 1.70. The third kappa shape index (κ3) is 2.08. The zero-order valence-electron chi connectivity index (χ0n) is 14.2. The predicted molar refractivity (Wildman–Crippen MR) is 114 cm³/mol. The van der Waals surface area contributed by atoms with E-state index in [1.807, 2.05) is 6.07 Å². The van der Waals surface area contributed by atoms with Crippen molar-refractivity contribution in [2.45, 2.75) is 0 Å². The zero-order valence-corrected chi connectivity index (χ0v) is 15.9. The van der Waals surface area contributed by atoms with Gasteiger partial charge < -0.3 is 0 Å². The van der Waals surface area contributed by atoms with Gasteiger partial charge >= 0.3 is 0 Å². The van der Waals surface area contributed by atoms with Crippen molar-refractivity contribution in [1.29, 1.82) is 0 Å². The maximum Gasteiger partial charge on any atom is 0.180 e. The van der Waals surface area contributed by atoms with Gasteiger partial charge in [0.15, 0.2) is 8.07 Å². The highest BCUT2D eigenvalue weighted by molar-refractivity contribution is 7.22. The number of benzene rings is 4. The maximum absolute atomic E-state index is 6.39. The normalized spacial score (nSPS) is 13.9. The van der Waals surface area contributed by atoms with E-state index in [4.69, 9.17) is 11.6 Å². The molecule has 1 aliphatic rings. The molecule has 124 valence electrons. The molecule has 0 fully saturated rings. The Balaban J connectivity index is 1.98. The third-order valence-corrected chi connectivity index (χ3v) is 10.5. The highest BCUT2D eigenvalue weighted by atomic mass is 35.5. The van der Waals surface area contributed by atoms with Crippen molar-refractivity contribution >= 4 is 40.4 Å². The molecule has 0 nitrogen and oxygen atoms in total. The Hall–Kier alpha value is -2.61. The first-order valence-corrected chi connectivity index (χ1v) is 11.2. The molecule has 0 saturated heterocycles. The summed E-state index contributed by atoms with van der Waals surface area (Å²) in [5, 5.41) is 6.51. The summed E-state index contributed by atoms with van der Waals surface area (Å²) in [6, 6.07) is 37.3. The fourth-order valence-electron chi connectivity index (χ4n) is 4.42. The first-order valence-electron chi connectivity index (χ1n) is 8.83. The zero-order chi connectivity index (χ0) is 17.6. The fraction of sp³-hybridized carbons (Fsp3) is 0. The van der Waals surface area contributed by atoms with Gasteiger partial charge in [0.2, 0.25) is 0 Å². The summed E-state index contributed by atoms with van der Waals surface area (Å²) in [4.78, 5) is 0. The molecular formula is C24H17ClSi. The lowest BCUT2D eigenvalue weighted by atomic mass is 10.1. The lowest BCUT2D eigenvalue weighted by Crippen LogP contribution is -2.72. The summed E-state index contributed by atoms with van der Waals surface area (Å²) >= 11 is 6.39. The van der Waals surface area contributed by atoms with E-state index in [0.717, 1.165) is 5.02 Å². The molecule has 0 amide bonds. The summed E-state index contributed by atoms with van der Waals surface area (Å²) in [6.07, 6.45) is 0. The average molecular weight is 369 g/mol. The van der Waals surface area contributed by atoms with Gasteiger partial charge in [-0.25, -0.2) is 0 Å². The molecule has 1 heterocycles. The van der Waals surface area contributed by atoms with E-state index in [2.05, 4.69) is 97.1 Å². The highest BCUT2D eigenvalue weighted by Gasteiger charge is 2.48. The summed E-state index contributed by atoms with van der Waals surface area (Å²) in [7, 11) is -2.31. The largest absolute Gasteiger partial charge is 0.180 e. The van der Waals surface area contributed by atoms with Crippen LogP contribution in [0.4, 0.5) is 0 Å². The summed E-state index contributed by atoms with van der Waals surface area (Å²) < 4.78 is 0. The first-order chi connectivity index (χ1) is 12.8. The van der Waals surface area contributed by atoms with E-state index in [1.165, 1.54) is 31.9 Å². The van der Waals surface area contributed by atoms with E-state index in [1.54, 1.807) is 0 Å². The second kappa shape index (κ2) is 5.98. The van der Waals surface area contributed by atoms with Crippen LogP contribution in [0.1, 0.15) is 0 Å². The SMILES string of the molecule is Clc1ccc2c(c1)-c1ccccc1[Si]2(c1ccccc1)c1ccccc1. The summed E-state index contributed by atoms with van der Waals surface area (Å²) in [5.41, 5.74) is 2.61. The Kier molecular flexibility index (Phi) is 3.59. The van der Waals surface area contributed by atoms with Crippen molar-refractivity contribution in [3.05, 3.63) is 108 Å². The molecule has 0 spiro atoms. The van der Waals surface area contributed by atoms with Crippen LogP contribution in [0, 0.1) is 0 Å². The van der Waals surface area contributed by atoms with Crippen molar-refractivity contribution in [2.75, 3.05) is 0 Å². The van der Waals surface area contributed by atoms with Crippen LogP contribution in [0.3, 0.4) is 0 Å². The van der Waals surface area contributed by atoms with E-state index in [-0.39, 0.29) is 0 Å². The van der Waals surface area contributed by atoms with Crippen LogP contribution in [0.2, 0.25) is 5.02 Å². The van der Waals surface area contributed by atoms with E-state index in [9.17, 15) is 0 Å². The molecule has 0 unspecified atom stereocenters. The molecule has 0 radical (unpaired) electrons. The third-order valence-electron chi connectivity index (χ3n) is 5.42. The van der Waals surface area contributed by atoms with Gasteiger partial charge in [-0.3, -0.25) is 0 Å². The van der Waals surface area contributed by atoms with E-state index < -0.39 is 8.07 Å². The average Bonchev–Trinajstić information content (AvgIpc) is 3.00. The van der Waals surface area contributed by atoms with Crippen LogP contribution in [-0.2, 0) is 0 Å². The van der Waals surface area contributed by atoms with Gasteiger partial charge in [0.05, 0.1) is 0 Å². The number of rotatable bonds is 2. The van der Waals surface area contributed by atoms with Crippen molar-refractivity contribution in [3.63, 3.8) is 0 Å². The van der Waals surface area contributed by atoms with Gasteiger partial charge in [-0.1, -0.05) is 103 Å². The Morgan fingerprint density at radius 3 is 1.69 bits per heavy atom. The molecular weight excluding hydrogens is 352 g/mol. The highest BCUT2D eigenvalue weighted by Crippen LogP contribution is 2.30. The van der Waals surface area contributed by atoms with Gasteiger partial charge in [0, 0.05) is 5.02 Å². The quantitative estimate of drug-likeness (QED) is 0.417. The number of fused-ring (bicyclic) bond motifs is 3. The topological polar surface area (TPSA) is 0 Å². The minimum atomic E-state index is -2.31. The van der Waals surface area contributed by atoms with Crippen LogP contribution in [0.25, 0.3) is 11.1 Å². The molecule has 0 saturated carbocycles. The van der Waals surface area contributed by atoms with Gasteiger partial charge in [0.25, 0.3) is 0 Å². The summed E-state index contributed by atoms with van der Waals surface area (Å²) in [5.74, 6) is 0. The molecule has 0 bridgehead atoms. The van der Waals surface area contributed by atoms with Crippen LogP contribution in [0.15, 0.2) is 103 Å². The number of hydrogen-bond donors (Lipinski definition) is 0. The number of hydrogen-bond acceptors (Lipinski definition) is 0. The van der Waals surface area contributed by atoms with Gasteiger partial charge in [-0.15, -0.1) is 0 Å². The molecule has 26 heavy (non-hydrogen) atoms. The second-order valence-corrected chi connectivity index (χ2v) is 10.9. The minimum absolute atomic E-state index is 0.796. The van der Waals surface area contributed by atoms with Crippen LogP contribution >= 0.6 is 11.6 Å². The lowest BCUT2D eigenvalue weighted by Gasteiger charge is -2.31. The molecule has 0 aliphatic carbocycles. The Morgan fingerprint density at radius 2 is 1.04 bits per heavy atom. The Bertz CT molecular complexity index is 1050. The molecule has 4 aromatic rings. The van der Waals surface area contributed by atoms with Crippen molar-refractivity contribution < 1.29 is 0 Å². The van der Waals surface area contributed by atoms with E-state index >= 15 is 0 Å². The van der Waals surface area contributed by atoms with Gasteiger partial charge in [-0.2, -0.15) is 0 Å². The second-order valence-electron chi connectivity index (χ2n) is 6.72. The minimum Gasteiger partial charge on any atom is -0.0843 e. The van der Waals surface area contributed by atoms with Crippen molar-refractivity contribution in [2.24, 2.45) is 0 Å². The molecule has 2 heteroatoms. The van der Waals surface area contributed by atoms with Crippen molar-refractivity contribution in [3.8, 4) is 11.1 Å². The fourth-order valence-corrected chi connectivity index (χ4v) is 9.76. The first kappa shape index (κ1) is 15.6. The molecule has 0 N–H and O–H groups in total. The maximum atomic E-state index is 6.39. The Morgan fingerprint density at radius 1 is 0.500 bits per heavy atom.